The minimum absolute atomic E-state index is 0.714. The Morgan fingerprint density at radius 3 is 1.97 bits per heavy atom. The molecule has 5 rings (SSSR count). The van der Waals surface area contributed by atoms with Crippen molar-refractivity contribution >= 4 is 0 Å². The highest BCUT2D eigenvalue weighted by Crippen LogP contribution is 2.56. The summed E-state index contributed by atoms with van der Waals surface area (Å²) in [7, 11) is 0. The van der Waals surface area contributed by atoms with Crippen molar-refractivity contribution in [1.82, 2.24) is 14.7 Å². The Balaban J connectivity index is 1.02. The maximum Gasteiger partial charge on any atom is 0.0106 e. The monoisotopic (exact) mass is 415 g/mol. The first-order valence-corrected chi connectivity index (χ1v) is 13.7. The molecular weight excluding hydrogens is 366 g/mol. The zero-order valence-electron chi connectivity index (χ0n) is 20.4. The number of piperidine rings is 2. The molecule has 30 heavy (non-hydrogen) atoms. The maximum atomic E-state index is 2.88. The Morgan fingerprint density at radius 2 is 1.40 bits per heavy atom. The first kappa shape index (κ1) is 21.7. The molecule has 3 nitrogen and oxygen atoms in total. The van der Waals surface area contributed by atoms with Crippen LogP contribution in [0.25, 0.3) is 0 Å². The average Bonchev–Trinajstić information content (AvgIpc) is 3.44. The van der Waals surface area contributed by atoms with Crippen LogP contribution >= 0.6 is 0 Å². The molecule has 0 aromatic carbocycles. The van der Waals surface area contributed by atoms with Gasteiger partial charge in [0.2, 0.25) is 0 Å². The van der Waals surface area contributed by atoms with Gasteiger partial charge in [-0.1, -0.05) is 33.6 Å². The van der Waals surface area contributed by atoms with Gasteiger partial charge in [0, 0.05) is 25.7 Å². The van der Waals surface area contributed by atoms with Crippen molar-refractivity contribution < 1.29 is 0 Å². The topological polar surface area (TPSA) is 9.72 Å². The Morgan fingerprint density at radius 1 is 0.800 bits per heavy atom. The SMILES string of the molecule is CCCC(C)CC1(CN2CCC3(CC2)CC(N2CC4(CCN(CC)CC4)C2)C3)CC1. The quantitative estimate of drug-likeness (QED) is 0.536. The minimum Gasteiger partial charge on any atom is -0.304 e. The van der Waals surface area contributed by atoms with E-state index in [1.807, 2.05) is 0 Å². The molecule has 2 spiro atoms. The summed E-state index contributed by atoms with van der Waals surface area (Å²) in [4.78, 5) is 8.40. The van der Waals surface area contributed by atoms with Crippen LogP contribution in [0.3, 0.4) is 0 Å². The summed E-state index contributed by atoms with van der Waals surface area (Å²) in [6.07, 6.45) is 16.3. The van der Waals surface area contributed by atoms with Crippen molar-refractivity contribution in [3.63, 3.8) is 0 Å². The highest BCUT2D eigenvalue weighted by molar-refractivity contribution is 5.08. The van der Waals surface area contributed by atoms with Crippen molar-refractivity contribution in [2.24, 2.45) is 22.2 Å². The normalized spacial score (nSPS) is 32.1. The van der Waals surface area contributed by atoms with Crippen molar-refractivity contribution in [1.29, 1.82) is 0 Å². The van der Waals surface area contributed by atoms with Gasteiger partial charge in [0.25, 0.3) is 0 Å². The summed E-state index contributed by atoms with van der Waals surface area (Å²) in [5.74, 6) is 0.940. The molecule has 0 bridgehead atoms. The van der Waals surface area contributed by atoms with E-state index in [4.69, 9.17) is 0 Å². The third-order valence-corrected chi connectivity index (χ3v) is 10.3. The maximum absolute atomic E-state index is 2.88. The number of hydrogen-bond donors (Lipinski definition) is 0. The standard InChI is InChI=1S/C27H49N3/c1-4-6-23(3)17-26(7-8-26)20-29-15-9-25(10-16-29)18-24(19-25)30-21-27(22-30)11-13-28(5-2)14-12-27/h23-24H,4-22H2,1-3H3. The molecule has 3 heteroatoms. The number of nitrogens with zero attached hydrogens (tertiary/aromatic N) is 3. The van der Waals surface area contributed by atoms with Crippen molar-refractivity contribution in [3.05, 3.63) is 0 Å². The van der Waals surface area contributed by atoms with Crippen LogP contribution in [0.4, 0.5) is 0 Å². The van der Waals surface area contributed by atoms with Crippen LogP contribution in [-0.2, 0) is 0 Å². The van der Waals surface area contributed by atoms with Crippen LogP contribution in [0.5, 0.6) is 0 Å². The predicted octanol–water partition coefficient (Wildman–Crippen LogP) is 5.26. The molecule has 5 aliphatic rings. The van der Waals surface area contributed by atoms with E-state index in [0.717, 1.165) is 22.8 Å². The lowest BCUT2D eigenvalue weighted by molar-refractivity contribution is -0.128. The Bertz CT molecular complexity index is 565. The second-order valence-corrected chi connectivity index (χ2v) is 12.8. The zero-order chi connectivity index (χ0) is 20.8. The van der Waals surface area contributed by atoms with Gasteiger partial charge in [-0.05, 0) is 113 Å². The van der Waals surface area contributed by atoms with Gasteiger partial charge in [0.1, 0.15) is 0 Å². The lowest BCUT2D eigenvalue weighted by Crippen LogP contribution is -2.67. The number of rotatable bonds is 8. The van der Waals surface area contributed by atoms with Gasteiger partial charge in [0.05, 0.1) is 0 Å². The smallest absolute Gasteiger partial charge is 0.0106 e. The highest BCUT2D eigenvalue weighted by atomic mass is 15.3. The Labute approximate surface area is 186 Å². The fourth-order valence-corrected chi connectivity index (χ4v) is 7.94. The third kappa shape index (κ3) is 4.37. The second-order valence-electron chi connectivity index (χ2n) is 12.8. The summed E-state index contributed by atoms with van der Waals surface area (Å²) < 4.78 is 0. The lowest BCUT2D eigenvalue weighted by atomic mass is 9.58. The Kier molecular flexibility index (Phi) is 6.04. The zero-order valence-corrected chi connectivity index (χ0v) is 20.4. The average molecular weight is 416 g/mol. The molecule has 0 aromatic rings. The van der Waals surface area contributed by atoms with Gasteiger partial charge < -0.3 is 9.80 Å². The highest BCUT2D eigenvalue weighted by Gasteiger charge is 2.54. The number of likely N-dealkylation sites (tertiary alicyclic amines) is 3. The minimum atomic E-state index is 0.714. The van der Waals surface area contributed by atoms with Crippen LogP contribution < -0.4 is 0 Å². The van der Waals surface area contributed by atoms with E-state index in [2.05, 4.69) is 35.5 Å². The molecule has 172 valence electrons. The van der Waals surface area contributed by atoms with E-state index >= 15 is 0 Å². The van der Waals surface area contributed by atoms with Gasteiger partial charge in [-0.15, -0.1) is 0 Å². The molecule has 5 fully saturated rings. The van der Waals surface area contributed by atoms with E-state index in [9.17, 15) is 0 Å². The molecule has 3 aliphatic heterocycles. The molecule has 3 saturated heterocycles. The third-order valence-electron chi connectivity index (χ3n) is 10.3. The predicted molar refractivity (Wildman–Crippen MR) is 127 cm³/mol. The van der Waals surface area contributed by atoms with Crippen molar-refractivity contribution in [3.8, 4) is 0 Å². The molecule has 1 atom stereocenters. The molecule has 2 aliphatic carbocycles. The van der Waals surface area contributed by atoms with Crippen LogP contribution in [0.1, 0.15) is 91.4 Å². The van der Waals surface area contributed by atoms with Crippen LogP contribution in [0, 0.1) is 22.2 Å². The van der Waals surface area contributed by atoms with Crippen molar-refractivity contribution in [2.45, 2.75) is 97.4 Å². The largest absolute Gasteiger partial charge is 0.304 e. The van der Waals surface area contributed by atoms with E-state index in [1.165, 1.54) is 123 Å². The molecule has 2 saturated carbocycles. The number of hydrogen-bond acceptors (Lipinski definition) is 3. The summed E-state index contributed by atoms with van der Waals surface area (Å²) in [5.41, 5.74) is 2.17. The van der Waals surface area contributed by atoms with E-state index < -0.39 is 0 Å². The van der Waals surface area contributed by atoms with Gasteiger partial charge in [-0.2, -0.15) is 0 Å². The summed E-state index contributed by atoms with van der Waals surface area (Å²) in [6, 6.07) is 0.941. The summed E-state index contributed by atoms with van der Waals surface area (Å²) >= 11 is 0. The van der Waals surface area contributed by atoms with E-state index in [0.29, 0.717) is 5.41 Å². The summed E-state index contributed by atoms with van der Waals surface area (Å²) in [5, 5.41) is 0. The molecular formula is C27H49N3. The van der Waals surface area contributed by atoms with E-state index in [1.54, 1.807) is 0 Å². The molecule has 0 aromatic heterocycles. The Hall–Kier alpha value is -0.120. The fourth-order valence-electron chi connectivity index (χ4n) is 7.94. The van der Waals surface area contributed by atoms with Crippen LogP contribution in [0.15, 0.2) is 0 Å². The first-order valence-electron chi connectivity index (χ1n) is 13.7. The van der Waals surface area contributed by atoms with Gasteiger partial charge >= 0.3 is 0 Å². The van der Waals surface area contributed by atoms with Crippen LogP contribution in [0.2, 0.25) is 0 Å². The van der Waals surface area contributed by atoms with E-state index in [-0.39, 0.29) is 0 Å². The summed E-state index contributed by atoms with van der Waals surface area (Å²) in [6.45, 7) is 18.2. The second kappa shape index (κ2) is 8.34. The van der Waals surface area contributed by atoms with Gasteiger partial charge in [-0.25, -0.2) is 0 Å². The molecule has 1 unspecified atom stereocenters. The molecule has 0 N–H and O–H groups in total. The lowest BCUT2D eigenvalue weighted by Gasteiger charge is -2.63. The fraction of sp³-hybridized carbons (Fsp3) is 1.00. The molecule has 0 amide bonds. The van der Waals surface area contributed by atoms with Crippen LogP contribution in [-0.4, -0.2) is 73.1 Å². The van der Waals surface area contributed by atoms with Crippen molar-refractivity contribution in [2.75, 3.05) is 52.4 Å². The van der Waals surface area contributed by atoms with Gasteiger partial charge in [-0.3, -0.25) is 4.90 Å². The first-order chi connectivity index (χ1) is 14.5. The molecule has 3 heterocycles. The van der Waals surface area contributed by atoms with Gasteiger partial charge in [0.15, 0.2) is 0 Å². The molecule has 0 radical (unpaired) electrons.